The molecule has 14 heteroatoms. The molecule has 2 aromatic carbocycles. The van der Waals surface area contributed by atoms with E-state index in [1.54, 1.807) is 49.9 Å². The van der Waals surface area contributed by atoms with Crippen LogP contribution in [-0.4, -0.2) is 40.7 Å². The molecule has 9 nitrogen and oxygen atoms in total. The van der Waals surface area contributed by atoms with Gasteiger partial charge in [0.05, 0.1) is 16.7 Å². The van der Waals surface area contributed by atoms with Crippen molar-refractivity contribution in [2.24, 2.45) is 0 Å². The van der Waals surface area contributed by atoms with E-state index in [1.165, 1.54) is 47.1 Å². The van der Waals surface area contributed by atoms with Crippen LogP contribution in [0.4, 0.5) is 24.2 Å². The Kier molecular flexibility index (Phi) is 8.54. The molecule has 0 spiro atoms. The molecule has 0 atom stereocenters. The number of anilines is 2. The highest BCUT2D eigenvalue weighted by atomic mass is 32.3. The molecule has 0 radical (unpaired) electrons. The molecular weight excluding hydrogens is 589 g/mol. The normalized spacial score (nSPS) is 11.5. The summed E-state index contributed by atoms with van der Waals surface area (Å²) in [6, 6.07) is 11.9. The van der Waals surface area contributed by atoms with Crippen LogP contribution in [0.2, 0.25) is 0 Å². The molecule has 1 N–H and O–H groups in total. The van der Waals surface area contributed by atoms with E-state index in [4.69, 9.17) is 4.98 Å². The molecule has 3 heterocycles. The number of nitrogens with zero attached hydrogens (tertiary/aromatic N) is 5. The van der Waals surface area contributed by atoms with Gasteiger partial charge in [-0.15, -0.1) is 0 Å². The van der Waals surface area contributed by atoms with E-state index in [0.29, 0.717) is 34.5 Å². The van der Waals surface area contributed by atoms with Crippen molar-refractivity contribution in [2.75, 3.05) is 22.4 Å². The van der Waals surface area contributed by atoms with Crippen LogP contribution in [0.3, 0.4) is 0 Å². The van der Waals surface area contributed by atoms with E-state index in [1.807, 2.05) is 11.8 Å². The van der Waals surface area contributed by atoms with Gasteiger partial charge in [-0.1, -0.05) is 34.9 Å². The Morgan fingerprint density at radius 1 is 1.05 bits per heavy atom. The maximum atomic E-state index is 15.7. The summed E-state index contributed by atoms with van der Waals surface area (Å²) in [4.78, 5) is 14.9. The lowest BCUT2D eigenvalue weighted by molar-refractivity contribution is 0.440. The van der Waals surface area contributed by atoms with E-state index in [-0.39, 0.29) is 17.1 Å². The topological polar surface area (TPSA) is 102 Å². The molecule has 0 amide bonds. The summed E-state index contributed by atoms with van der Waals surface area (Å²) in [5, 5.41) is 0. The predicted octanol–water partition coefficient (Wildman–Crippen LogP) is 6.46. The van der Waals surface area contributed by atoms with Crippen LogP contribution in [0.25, 0.3) is 27.8 Å². The Hall–Kier alpha value is -4.30. The second kappa shape index (κ2) is 12.3. The summed E-state index contributed by atoms with van der Waals surface area (Å²) in [6.07, 6.45) is 7.08. The summed E-state index contributed by atoms with van der Waals surface area (Å²) >= 11 is 1.34. The first kappa shape index (κ1) is 29.2. The van der Waals surface area contributed by atoms with Crippen molar-refractivity contribution in [3.63, 3.8) is 0 Å². The molecule has 0 aliphatic carbocycles. The quantitative estimate of drug-likeness (QED) is 0.102. The predicted molar refractivity (Wildman–Crippen MR) is 158 cm³/mol. The number of hydrogen-bond acceptors (Lipinski definition) is 9. The second-order valence-electron chi connectivity index (χ2n) is 9.26. The number of aromatic nitrogens is 4. The molecule has 42 heavy (non-hydrogen) atoms. The highest BCUT2D eigenvalue weighted by Crippen LogP contribution is 2.35. The lowest BCUT2D eigenvalue weighted by Gasteiger charge is -2.19. The molecule has 0 unspecified atom stereocenters. The van der Waals surface area contributed by atoms with Gasteiger partial charge in [-0.05, 0) is 48.4 Å². The summed E-state index contributed by atoms with van der Waals surface area (Å²) in [5.74, 6) is -0.311. The van der Waals surface area contributed by atoms with Crippen molar-refractivity contribution >= 4 is 45.0 Å². The Bertz CT molecular complexity index is 1820. The standard InChI is InChI=1S/C28H25F3N6O3S2/c1-3-12-41-35-23-9-8-22(29)28(26(23)30)37-16-21(19-13-32-17-33-14-19)27-24(37)10-11-25(34-27)36(2)15-18-4-6-20(7-5-18)40-42(31,38)39/h4-11,13-14,16-17,35H,3,12,15H2,1-2H3. The summed E-state index contributed by atoms with van der Waals surface area (Å²) in [7, 11) is -3.32. The molecule has 3 aromatic heterocycles. The van der Waals surface area contributed by atoms with Crippen molar-refractivity contribution in [1.82, 2.24) is 19.5 Å². The SMILES string of the molecule is CCCSNc1ccc(F)c(-n2cc(-c3cncnc3)c3nc(N(C)Cc4ccc(OS(=O)(=O)F)cc4)ccc32)c1F. The molecule has 5 aromatic rings. The minimum Gasteiger partial charge on any atom is -0.358 e. The van der Waals surface area contributed by atoms with Gasteiger partial charge < -0.3 is 18.4 Å². The summed E-state index contributed by atoms with van der Waals surface area (Å²) in [6.45, 7) is 2.37. The van der Waals surface area contributed by atoms with Crippen LogP contribution >= 0.6 is 11.9 Å². The second-order valence-corrected chi connectivity index (χ2v) is 11.1. The van der Waals surface area contributed by atoms with Crippen LogP contribution in [0, 0.1) is 11.6 Å². The minimum absolute atomic E-state index is 0.151. The average Bonchev–Trinajstić information content (AvgIpc) is 3.33. The van der Waals surface area contributed by atoms with Crippen LogP contribution < -0.4 is 13.8 Å². The Balaban J connectivity index is 1.54. The smallest absolute Gasteiger partial charge is 0.358 e. The highest BCUT2D eigenvalue weighted by Gasteiger charge is 2.22. The molecule has 0 aliphatic heterocycles. The first-order valence-corrected chi connectivity index (χ1v) is 15.0. The van der Waals surface area contributed by atoms with E-state index in [2.05, 4.69) is 18.9 Å². The molecule has 0 fully saturated rings. The van der Waals surface area contributed by atoms with Gasteiger partial charge in [-0.2, -0.15) is 8.42 Å². The third-order valence-electron chi connectivity index (χ3n) is 6.23. The van der Waals surface area contributed by atoms with Crippen LogP contribution in [0.5, 0.6) is 5.75 Å². The molecule has 0 saturated carbocycles. The van der Waals surface area contributed by atoms with Crippen molar-refractivity contribution < 1.29 is 25.3 Å². The van der Waals surface area contributed by atoms with Gasteiger partial charge in [0.15, 0.2) is 5.82 Å². The van der Waals surface area contributed by atoms with Crippen molar-refractivity contribution in [3.05, 3.63) is 90.6 Å². The molecule has 0 aliphatic rings. The molecule has 5 rings (SSSR count). The Labute approximate surface area is 244 Å². The first-order chi connectivity index (χ1) is 20.1. The van der Waals surface area contributed by atoms with E-state index in [0.717, 1.165) is 17.7 Å². The van der Waals surface area contributed by atoms with E-state index < -0.39 is 22.1 Å². The monoisotopic (exact) mass is 614 g/mol. The van der Waals surface area contributed by atoms with Crippen LogP contribution in [-0.2, 0) is 17.0 Å². The zero-order valence-corrected chi connectivity index (χ0v) is 24.1. The fourth-order valence-electron chi connectivity index (χ4n) is 4.33. The van der Waals surface area contributed by atoms with Gasteiger partial charge in [0.2, 0.25) is 0 Å². The average molecular weight is 615 g/mol. The Morgan fingerprint density at radius 3 is 2.48 bits per heavy atom. The zero-order chi connectivity index (χ0) is 29.9. The maximum absolute atomic E-state index is 15.7. The van der Waals surface area contributed by atoms with E-state index >= 15 is 8.78 Å². The number of hydrogen-bond donors (Lipinski definition) is 1. The number of benzene rings is 2. The number of halogens is 3. The van der Waals surface area contributed by atoms with Crippen molar-refractivity contribution in [1.29, 1.82) is 0 Å². The van der Waals surface area contributed by atoms with Gasteiger partial charge in [-0.3, -0.25) is 0 Å². The largest absolute Gasteiger partial charge is 0.488 e. The van der Waals surface area contributed by atoms with Gasteiger partial charge in [0, 0.05) is 49.1 Å². The number of pyridine rings is 1. The fourth-order valence-corrected chi connectivity index (χ4v) is 5.29. The zero-order valence-electron chi connectivity index (χ0n) is 22.5. The summed E-state index contributed by atoms with van der Waals surface area (Å²) < 4.78 is 73.8. The molecule has 218 valence electrons. The third kappa shape index (κ3) is 6.44. The van der Waals surface area contributed by atoms with Crippen molar-refractivity contribution in [2.45, 2.75) is 19.9 Å². The molecule has 0 saturated heterocycles. The van der Waals surface area contributed by atoms with Gasteiger partial charge in [0.1, 0.15) is 29.4 Å². The van der Waals surface area contributed by atoms with Gasteiger partial charge in [0.25, 0.3) is 0 Å². The molecule has 0 bridgehead atoms. The molecular formula is C28H25F3N6O3S2. The number of nitrogens with one attached hydrogen (secondary N) is 1. The first-order valence-electron chi connectivity index (χ1n) is 12.7. The van der Waals surface area contributed by atoms with Crippen molar-refractivity contribution in [3.8, 4) is 22.6 Å². The fraction of sp³-hybridized carbons (Fsp3) is 0.179. The lowest BCUT2D eigenvalue weighted by Crippen LogP contribution is -2.17. The lowest BCUT2D eigenvalue weighted by atomic mass is 10.1. The highest BCUT2D eigenvalue weighted by molar-refractivity contribution is 8.00. The summed E-state index contributed by atoms with van der Waals surface area (Å²) in [5.41, 5.74) is 2.83. The minimum atomic E-state index is -5.12. The number of rotatable bonds is 11. The van der Waals surface area contributed by atoms with Crippen LogP contribution in [0.15, 0.2) is 73.4 Å². The van der Waals surface area contributed by atoms with E-state index in [9.17, 15) is 12.3 Å². The maximum Gasteiger partial charge on any atom is 0.488 e. The van der Waals surface area contributed by atoms with Gasteiger partial charge >= 0.3 is 10.5 Å². The third-order valence-corrected chi connectivity index (χ3v) is 7.60. The Morgan fingerprint density at radius 2 is 1.79 bits per heavy atom. The number of fused-ring (bicyclic) bond motifs is 1. The van der Waals surface area contributed by atoms with Gasteiger partial charge in [-0.25, -0.2) is 23.7 Å². The van der Waals surface area contributed by atoms with Crippen LogP contribution in [0.1, 0.15) is 18.9 Å².